The number of furan rings is 1. The number of aryl methyl sites for hydroxylation is 1. The summed E-state index contributed by atoms with van der Waals surface area (Å²) in [4.78, 5) is 14.9. The van der Waals surface area contributed by atoms with Crippen LogP contribution < -0.4 is 14.8 Å². The van der Waals surface area contributed by atoms with Crippen molar-refractivity contribution < 1.29 is 18.7 Å². The summed E-state index contributed by atoms with van der Waals surface area (Å²) in [5, 5.41) is 2.88. The van der Waals surface area contributed by atoms with Crippen molar-refractivity contribution in [3.8, 4) is 11.5 Å². The normalized spacial score (nSPS) is 12.2. The van der Waals surface area contributed by atoms with Gasteiger partial charge in [-0.2, -0.15) is 0 Å². The molecule has 2 heterocycles. The van der Waals surface area contributed by atoms with E-state index in [0.29, 0.717) is 18.8 Å². The first-order chi connectivity index (χ1) is 16.6. The van der Waals surface area contributed by atoms with Gasteiger partial charge < -0.3 is 19.2 Å². The van der Waals surface area contributed by atoms with E-state index in [2.05, 4.69) is 22.3 Å². The molecule has 1 aliphatic rings. The lowest BCUT2D eigenvalue weighted by molar-refractivity contribution is 0.0992. The van der Waals surface area contributed by atoms with Crippen LogP contribution in [-0.2, 0) is 19.6 Å². The van der Waals surface area contributed by atoms with Gasteiger partial charge in [0.2, 0.25) is 6.79 Å². The van der Waals surface area contributed by atoms with Gasteiger partial charge in [0.05, 0.1) is 6.54 Å². The summed E-state index contributed by atoms with van der Waals surface area (Å²) < 4.78 is 16.9. The van der Waals surface area contributed by atoms with Crippen LogP contribution in [0.3, 0.4) is 0 Å². The van der Waals surface area contributed by atoms with Crippen LogP contribution in [0.15, 0.2) is 89.3 Å². The van der Waals surface area contributed by atoms with Gasteiger partial charge in [0.15, 0.2) is 17.3 Å². The molecule has 6 nitrogen and oxygen atoms in total. The number of carbonyl (C=O) groups excluding carboxylic acids is 1. The highest BCUT2D eigenvalue weighted by atomic mass is 16.7. The Hall–Kier alpha value is -4.03. The SMILES string of the molecule is Cc1ccc(NC(=O)c2ccc(CN(Cc3ccccc3)Cc3ccc4c(c3)OCO4)o2)cc1. The van der Waals surface area contributed by atoms with Crippen molar-refractivity contribution in [2.75, 3.05) is 12.1 Å². The van der Waals surface area contributed by atoms with E-state index in [1.807, 2.05) is 73.7 Å². The third kappa shape index (κ3) is 5.30. The molecule has 0 aliphatic carbocycles. The number of benzene rings is 3. The molecule has 4 aromatic rings. The number of nitrogens with one attached hydrogen (secondary N) is 1. The van der Waals surface area contributed by atoms with Crippen molar-refractivity contribution in [3.63, 3.8) is 0 Å². The Morgan fingerprint density at radius 2 is 1.59 bits per heavy atom. The van der Waals surface area contributed by atoms with Gasteiger partial charge in [0.1, 0.15) is 5.76 Å². The maximum atomic E-state index is 12.6. The highest BCUT2D eigenvalue weighted by Gasteiger charge is 2.17. The van der Waals surface area contributed by atoms with Crippen LogP contribution in [0.25, 0.3) is 0 Å². The third-order valence-corrected chi connectivity index (χ3v) is 5.67. The molecule has 0 spiro atoms. The molecule has 0 atom stereocenters. The molecule has 172 valence electrons. The summed E-state index contributed by atoms with van der Waals surface area (Å²) >= 11 is 0. The average Bonchev–Trinajstić information content (AvgIpc) is 3.50. The standard InChI is InChI=1S/C28H26N2O4/c1-20-7-10-23(11-8-20)29-28(31)26-14-12-24(34-26)18-30(16-21-5-3-2-4-6-21)17-22-9-13-25-27(15-22)33-19-32-25/h2-15H,16-19H2,1H3,(H,29,31). The molecule has 0 unspecified atom stereocenters. The van der Waals surface area contributed by atoms with E-state index in [1.54, 1.807) is 6.07 Å². The predicted molar refractivity (Wildman–Crippen MR) is 130 cm³/mol. The molecule has 34 heavy (non-hydrogen) atoms. The van der Waals surface area contributed by atoms with Crippen LogP contribution >= 0.6 is 0 Å². The number of carbonyl (C=O) groups is 1. The number of ether oxygens (including phenoxy) is 2. The molecule has 1 aliphatic heterocycles. The summed E-state index contributed by atoms with van der Waals surface area (Å²) in [5.74, 6) is 2.29. The Kier molecular flexibility index (Phi) is 6.31. The number of rotatable bonds is 8. The minimum Gasteiger partial charge on any atom is -0.455 e. The fourth-order valence-electron chi connectivity index (χ4n) is 3.94. The van der Waals surface area contributed by atoms with Gasteiger partial charge in [-0.1, -0.05) is 54.1 Å². The van der Waals surface area contributed by atoms with Crippen molar-refractivity contribution >= 4 is 11.6 Å². The minimum atomic E-state index is -0.263. The maximum absolute atomic E-state index is 12.6. The molecule has 0 saturated carbocycles. The number of fused-ring (bicyclic) bond motifs is 1. The van der Waals surface area contributed by atoms with E-state index in [1.165, 1.54) is 5.56 Å². The van der Waals surface area contributed by atoms with Gasteiger partial charge in [-0.3, -0.25) is 9.69 Å². The van der Waals surface area contributed by atoms with Crippen LogP contribution in [-0.4, -0.2) is 17.6 Å². The summed E-state index contributed by atoms with van der Waals surface area (Å²) in [5.41, 5.74) is 4.19. The van der Waals surface area contributed by atoms with Crippen LogP contribution in [0.2, 0.25) is 0 Å². The molecular formula is C28H26N2O4. The van der Waals surface area contributed by atoms with Crippen molar-refractivity contribution in [2.45, 2.75) is 26.6 Å². The fraction of sp³-hybridized carbons (Fsp3) is 0.179. The van der Waals surface area contributed by atoms with Crippen LogP contribution in [0.1, 0.15) is 33.0 Å². The van der Waals surface area contributed by atoms with E-state index in [0.717, 1.165) is 40.6 Å². The van der Waals surface area contributed by atoms with E-state index < -0.39 is 0 Å². The zero-order valence-electron chi connectivity index (χ0n) is 19.0. The van der Waals surface area contributed by atoms with Crippen LogP contribution in [0.5, 0.6) is 11.5 Å². The molecule has 0 fully saturated rings. The zero-order valence-corrected chi connectivity index (χ0v) is 19.0. The highest BCUT2D eigenvalue weighted by Crippen LogP contribution is 2.33. The van der Waals surface area contributed by atoms with Gasteiger partial charge >= 0.3 is 0 Å². The number of hydrogen-bond acceptors (Lipinski definition) is 5. The second-order valence-electron chi connectivity index (χ2n) is 8.40. The number of amides is 1. The van der Waals surface area contributed by atoms with Gasteiger partial charge in [0.25, 0.3) is 5.91 Å². The maximum Gasteiger partial charge on any atom is 0.291 e. The molecular weight excluding hydrogens is 428 g/mol. The first-order valence-electron chi connectivity index (χ1n) is 11.2. The Bertz CT molecular complexity index is 1270. The van der Waals surface area contributed by atoms with E-state index in [-0.39, 0.29) is 12.7 Å². The molecule has 0 saturated heterocycles. The molecule has 1 aromatic heterocycles. The van der Waals surface area contributed by atoms with Crippen molar-refractivity contribution in [1.29, 1.82) is 0 Å². The number of hydrogen-bond donors (Lipinski definition) is 1. The van der Waals surface area contributed by atoms with Gasteiger partial charge in [-0.05, 0) is 54.4 Å². The second-order valence-corrected chi connectivity index (χ2v) is 8.40. The van der Waals surface area contributed by atoms with Crippen molar-refractivity contribution in [1.82, 2.24) is 4.90 Å². The van der Waals surface area contributed by atoms with Gasteiger partial charge in [0, 0.05) is 18.8 Å². The zero-order chi connectivity index (χ0) is 23.3. The Morgan fingerprint density at radius 1 is 0.824 bits per heavy atom. The monoisotopic (exact) mass is 454 g/mol. The van der Waals surface area contributed by atoms with E-state index >= 15 is 0 Å². The lowest BCUT2D eigenvalue weighted by atomic mass is 10.1. The van der Waals surface area contributed by atoms with Crippen molar-refractivity contribution in [3.05, 3.63) is 113 Å². The molecule has 0 radical (unpaired) electrons. The van der Waals surface area contributed by atoms with Crippen molar-refractivity contribution in [2.24, 2.45) is 0 Å². The summed E-state index contributed by atoms with van der Waals surface area (Å²) in [6.45, 7) is 4.25. The summed E-state index contributed by atoms with van der Waals surface area (Å²) in [7, 11) is 0. The van der Waals surface area contributed by atoms with Crippen LogP contribution in [0.4, 0.5) is 5.69 Å². The summed E-state index contributed by atoms with van der Waals surface area (Å²) in [6.07, 6.45) is 0. The highest BCUT2D eigenvalue weighted by molar-refractivity contribution is 6.02. The van der Waals surface area contributed by atoms with Gasteiger partial charge in [-0.25, -0.2) is 0 Å². The first kappa shape index (κ1) is 21.8. The number of nitrogens with zero attached hydrogens (tertiary/aromatic N) is 1. The van der Waals surface area contributed by atoms with E-state index in [9.17, 15) is 4.79 Å². The topological polar surface area (TPSA) is 63.9 Å². The molecule has 1 N–H and O–H groups in total. The molecule has 6 heteroatoms. The molecule has 1 amide bonds. The molecule has 5 rings (SSSR count). The first-order valence-corrected chi connectivity index (χ1v) is 11.2. The Labute approximate surface area is 198 Å². The largest absolute Gasteiger partial charge is 0.455 e. The third-order valence-electron chi connectivity index (χ3n) is 5.67. The lowest BCUT2D eigenvalue weighted by Crippen LogP contribution is -2.22. The van der Waals surface area contributed by atoms with Crippen LogP contribution in [0, 0.1) is 6.92 Å². The van der Waals surface area contributed by atoms with Gasteiger partial charge in [-0.15, -0.1) is 0 Å². The Morgan fingerprint density at radius 3 is 2.41 bits per heavy atom. The average molecular weight is 455 g/mol. The van der Waals surface area contributed by atoms with E-state index in [4.69, 9.17) is 13.9 Å². The minimum absolute atomic E-state index is 0.256. The fourth-order valence-corrected chi connectivity index (χ4v) is 3.94. The quantitative estimate of drug-likeness (QED) is 0.366. The lowest BCUT2D eigenvalue weighted by Gasteiger charge is -2.21. The number of anilines is 1. The summed E-state index contributed by atoms with van der Waals surface area (Å²) in [6, 6.07) is 27.6. The smallest absolute Gasteiger partial charge is 0.291 e. The second kappa shape index (κ2) is 9.85. The Balaban J connectivity index is 1.30. The predicted octanol–water partition coefficient (Wildman–Crippen LogP) is 5.77. The molecule has 0 bridgehead atoms. The molecule has 3 aromatic carbocycles.